The summed E-state index contributed by atoms with van der Waals surface area (Å²) in [6.45, 7) is 1.47. The summed E-state index contributed by atoms with van der Waals surface area (Å²) in [7, 11) is 10.9. The summed E-state index contributed by atoms with van der Waals surface area (Å²) in [5, 5.41) is 117. The molecule has 1 aromatic carbocycles. The van der Waals surface area contributed by atoms with Gasteiger partial charge in [0, 0.05) is 93.5 Å². The van der Waals surface area contributed by atoms with Crippen molar-refractivity contribution in [3.63, 3.8) is 0 Å². The molecule has 0 saturated carbocycles. The number of rotatable bonds is 22. The maximum absolute atomic E-state index is 10.2. The Labute approximate surface area is 485 Å². The molecule has 31 heteroatoms. The second kappa shape index (κ2) is 40.1. The van der Waals surface area contributed by atoms with Crippen molar-refractivity contribution in [1.82, 2.24) is 0 Å². The second-order valence-corrected chi connectivity index (χ2v) is 18.2. The molecule has 2 aromatic rings. The van der Waals surface area contributed by atoms with Crippen molar-refractivity contribution >= 4 is 22.9 Å². The van der Waals surface area contributed by atoms with Crippen molar-refractivity contribution in [3.05, 3.63) is 36.1 Å². The van der Waals surface area contributed by atoms with E-state index >= 15 is 0 Å². The van der Waals surface area contributed by atoms with Gasteiger partial charge in [-0.1, -0.05) is 6.07 Å². The molecule has 4 aliphatic heterocycles. The fourth-order valence-electron chi connectivity index (χ4n) is 8.38. The van der Waals surface area contributed by atoms with Crippen LogP contribution in [0.15, 0.2) is 34.9 Å². The summed E-state index contributed by atoms with van der Waals surface area (Å²) in [5.74, 6) is -2.42. The number of benzene rings is 1. The van der Waals surface area contributed by atoms with Crippen LogP contribution >= 0.6 is 0 Å². The predicted octanol–water partition coefficient (Wildman–Crippen LogP) is -10.7. The van der Waals surface area contributed by atoms with Gasteiger partial charge in [0.25, 0.3) is 0 Å². The van der Waals surface area contributed by atoms with E-state index in [1.54, 1.807) is 6.26 Å². The minimum atomic E-state index is -1.23. The number of carboxylic acids is 2. The molecule has 6 rings (SSSR count). The van der Waals surface area contributed by atoms with Crippen LogP contribution in [0, 0.1) is 0 Å². The maximum Gasteiger partial charge on any atom is 1.00 e. The largest absolute Gasteiger partial charge is 1.00 e. The number of hydrogen-bond acceptors (Lipinski definition) is 29. The minimum absolute atomic E-state index is 0. The van der Waals surface area contributed by atoms with Gasteiger partial charge in [0.2, 0.25) is 0 Å². The summed E-state index contributed by atoms with van der Waals surface area (Å²) < 4.78 is 75.9. The Kier molecular flexibility index (Phi) is 37.9. The molecule has 4 saturated heterocycles. The van der Waals surface area contributed by atoms with E-state index in [9.17, 15) is 60.7 Å². The molecule has 21 atom stereocenters. The Bertz CT molecular complexity index is 1840. The van der Waals surface area contributed by atoms with Gasteiger partial charge >= 0.3 is 29.6 Å². The molecule has 5 heterocycles. The molecule has 0 radical (unpaired) electrons. The Morgan fingerprint density at radius 1 is 0.525 bits per heavy atom. The summed E-state index contributed by atoms with van der Waals surface area (Å²) in [4.78, 5) is 20.4. The van der Waals surface area contributed by atoms with Crippen LogP contribution in [0.1, 0.15) is 25.3 Å². The average molecular weight is 1170 g/mol. The number of carbonyl (C=O) groups is 2. The van der Waals surface area contributed by atoms with Crippen LogP contribution in [0.25, 0.3) is 11.0 Å². The van der Waals surface area contributed by atoms with E-state index < -0.39 is 135 Å². The van der Waals surface area contributed by atoms with Crippen LogP contribution in [0.3, 0.4) is 0 Å². The third-order valence-corrected chi connectivity index (χ3v) is 12.5. The number of furan rings is 1. The topological polar surface area (TPSA) is 453 Å². The average Bonchev–Trinajstić information content (AvgIpc) is 3.90. The van der Waals surface area contributed by atoms with E-state index in [-0.39, 0.29) is 82.0 Å². The second-order valence-electron chi connectivity index (χ2n) is 18.2. The first-order valence-electron chi connectivity index (χ1n) is 24.9. The number of carboxylic acid groups (broad SMARTS) is 2. The van der Waals surface area contributed by atoms with Crippen molar-refractivity contribution in [3.8, 4) is 0 Å². The van der Waals surface area contributed by atoms with Crippen molar-refractivity contribution in [2.24, 2.45) is 0 Å². The molecule has 13 N–H and O–H groups in total. The van der Waals surface area contributed by atoms with Gasteiger partial charge in [-0.2, -0.15) is 0 Å². The third-order valence-electron chi connectivity index (χ3n) is 12.5. The van der Waals surface area contributed by atoms with E-state index in [2.05, 4.69) is 24.8 Å². The number of quaternary nitrogens is 1. The van der Waals surface area contributed by atoms with Crippen molar-refractivity contribution in [1.29, 1.82) is 0 Å². The summed E-state index contributed by atoms with van der Waals surface area (Å²) >= 11 is 0. The normalized spacial score (nSPS) is 34.3. The van der Waals surface area contributed by atoms with Crippen LogP contribution in [0.5, 0.6) is 0 Å². The first kappa shape index (κ1) is 75.7. The summed E-state index contributed by atoms with van der Waals surface area (Å²) in [6, 6.07) is 8.75. The van der Waals surface area contributed by atoms with Gasteiger partial charge in [-0.3, -0.25) is 0 Å². The van der Waals surface area contributed by atoms with Crippen LogP contribution in [-0.2, 0) is 82.3 Å². The maximum atomic E-state index is 10.2. The van der Waals surface area contributed by atoms with E-state index in [0.29, 0.717) is 6.04 Å². The van der Waals surface area contributed by atoms with Crippen LogP contribution in [0.4, 0.5) is 0 Å². The zero-order valence-electron chi connectivity index (χ0n) is 46.8. The molecule has 4 fully saturated rings. The first-order valence-corrected chi connectivity index (χ1v) is 24.9. The minimum Gasteiger partial charge on any atom is -0.550 e. The molecule has 30 nitrogen and oxygen atoms in total. The number of aliphatic hydroxyl groups excluding tert-OH is 10. The van der Waals surface area contributed by atoms with Crippen LogP contribution in [0.2, 0.25) is 0 Å². The zero-order valence-corrected chi connectivity index (χ0v) is 48.8. The van der Waals surface area contributed by atoms with Crippen molar-refractivity contribution < 1.29 is 177 Å². The Morgan fingerprint density at radius 3 is 1.14 bits per heavy atom. The van der Waals surface area contributed by atoms with Gasteiger partial charge < -0.3 is 147 Å². The number of fused-ring (bicyclic) bond motifs is 1. The van der Waals surface area contributed by atoms with Crippen molar-refractivity contribution in [2.75, 3.05) is 96.5 Å². The molecule has 0 spiro atoms. The molecule has 1 aromatic heterocycles. The number of methoxy groups -OCH3 is 8. The molecule has 80 heavy (non-hydrogen) atoms. The summed E-state index contributed by atoms with van der Waals surface area (Å²) in [5.41, 5.74) is 6.27. The van der Waals surface area contributed by atoms with Crippen molar-refractivity contribution in [2.45, 2.75) is 155 Å². The number of ether oxygens (including phenoxy) is 14. The molecule has 460 valence electrons. The molecule has 0 bridgehead atoms. The van der Waals surface area contributed by atoms with E-state index in [1.165, 1.54) is 67.8 Å². The Morgan fingerprint density at radius 2 is 0.850 bits per heavy atom. The monoisotopic (exact) mass is 1170 g/mol. The van der Waals surface area contributed by atoms with Crippen LogP contribution in [-0.4, -0.2) is 288 Å². The molecule has 4 aliphatic rings. The Balaban J connectivity index is 0.000000502. The molecule has 21 unspecified atom stereocenters. The van der Waals surface area contributed by atoms with Gasteiger partial charge in [0.1, 0.15) is 103 Å². The quantitative estimate of drug-likeness (QED) is 0.0385. The SMILES string of the molecule is CC([NH3+])Cc1ccc2occc2c1.COC1OC(CO)C(OC)C(O)C1O.COC1OC(CO)C(OC)C(O)C1O.COC1OC(COCCC(=O)[O-])C(OC)C(O)C1O.COC1OC(COCCC(=O)[O-])C(OC)C(O)C1O.[Na+]. The molecule has 0 amide bonds. The van der Waals surface area contributed by atoms with Gasteiger partial charge in [-0.25, -0.2) is 0 Å². The van der Waals surface area contributed by atoms with Gasteiger partial charge in [0.15, 0.2) is 25.2 Å². The van der Waals surface area contributed by atoms with Crippen LogP contribution < -0.4 is 45.5 Å². The zero-order chi connectivity index (χ0) is 59.5. The third kappa shape index (κ3) is 23.3. The smallest absolute Gasteiger partial charge is 0.550 e. The molecule has 0 aliphatic carbocycles. The summed E-state index contributed by atoms with van der Waals surface area (Å²) in [6.07, 6.45) is -16.8. The van der Waals surface area contributed by atoms with E-state index in [1.807, 2.05) is 12.1 Å². The molecular formula is C49H84NNaO29. The number of carbonyl (C=O) groups excluding carboxylic acids is 2. The fraction of sp³-hybridized carbons (Fsp3) is 0.796. The van der Waals surface area contributed by atoms with E-state index in [4.69, 9.17) is 80.9 Å². The number of hydrogen-bond donors (Lipinski definition) is 11. The van der Waals surface area contributed by atoms with Gasteiger partial charge in [-0.05, 0) is 30.7 Å². The van der Waals surface area contributed by atoms with Gasteiger partial charge in [0.05, 0.1) is 51.9 Å². The standard InChI is InChI=1S/C11H13NO.2C11H20O8.2C8H16O6.Na/c1-8(12)6-9-2-3-11-10(7-9)4-5-13-11;2*1-16-10-6(5-18-4-3-7(12)13)19-11(17-2)9(15)8(10)14;2*1-12-7-4(3-9)14-8(13-2)6(11)5(7)10;/h2-5,7-8H,6,12H2,1H3;2*6,8-11,14-15H,3-5H2,1-2H3,(H,12,13);2*4-11H,3H2,1-2H3;/q;;;;;+1/p-1. The number of aliphatic carboxylic acids is 2. The predicted molar refractivity (Wildman–Crippen MR) is 261 cm³/mol. The van der Waals surface area contributed by atoms with Gasteiger partial charge in [-0.15, -0.1) is 0 Å². The first-order chi connectivity index (χ1) is 37.6. The Hall–Kier alpha value is -2.30. The molecular weight excluding hydrogens is 1090 g/mol. The fourth-order valence-corrected chi connectivity index (χ4v) is 8.38. The number of aliphatic hydroxyl groups is 10. The van der Waals surface area contributed by atoms with E-state index in [0.717, 1.165) is 12.0 Å².